The number of para-hydroxylation sites is 1. The summed E-state index contributed by atoms with van der Waals surface area (Å²) in [5, 5.41) is 7.76. The molecule has 0 radical (unpaired) electrons. The third-order valence-corrected chi connectivity index (χ3v) is 11.6. The van der Waals surface area contributed by atoms with Gasteiger partial charge in [-0.05, 0) is 82.6 Å². The van der Waals surface area contributed by atoms with Gasteiger partial charge in [0.05, 0.1) is 56.1 Å². The summed E-state index contributed by atoms with van der Waals surface area (Å²) in [5.74, 6) is 0. The molecule has 5 nitrogen and oxygen atoms in total. The van der Waals surface area contributed by atoms with Crippen LogP contribution >= 0.6 is 0 Å². The lowest BCUT2D eigenvalue weighted by atomic mass is 9.98. The molecular formula is C55H33N5. The Morgan fingerprint density at radius 2 is 0.583 bits per heavy atom. The molecule has 5 heteroatoms. The van der Waals surface area contributed by atoms with Crippen LogP contribution in [0.5, 0.6) is 0 Å². The highest BCUT2D eigenvalue weighted by Gasteiger charge is 2.12. The average molecular weight is 764 g/mol. The molecule has 0 aliphatic carbocycles. The number of hydrogen-bond acceptors (Lipinski definition) is 5. The molecule has 0 fully saturated rings. The van der Waals surface area contributed by atoms with E-state index < -0.39 is 0 Å². The van der Waals surface area contributed by atoms with E-state index in [1.807, 2.05) is 48.5 Å². The van der Waals surface area contributed by atoms with Gasteiger partial charge in [-0.15, -0.1) is 0 Å². The van der Waals surface area contributed by atoms with Crippen LogP contribution in [0, 0.1) is 0 Å². The molecule has 5 heterocycles. The van der Waals surface area contributed by atoms with Gasteiger partial charge >= 0.3 is 0 Å². The summed E-state index contributed by atoms with van der Waals surface area (Å²) in [6, 6.07) is 69.9. The molecule has 0 aliphatic heterocycles. The number of pyridine rings is 5. The molecule has 5 aromatic heterocycles. The summed E-state index contributed by atoms with van der Waals surface area (Å²) in [6.45, 7) is 0. The number of hydrogen-bond donors (Lipinski definition) is 0. The van der Waals surface area contributed by atoms with Crippen LogP contribution in [0.1, 0.15) is 0 Å². The molecule has 60 heavy (non-hydrogen) atoms. The summed E-state index contributed by atoms with van der Waals surface area (Å²) in [7, 11) is 0. The second-order valence-electron chi connectivity index (χ2n) is 15.3. The van der Waals surface area contributed by atoms with Gasteiger partial charge in [0.15, 0.2) is 0 Å². The van der Waals surface area contributed by atoms with Crippen molar-refractivity contribution in [1.29, 1.82) is 0 Å². The zero-order valence-corrected chi connectivity index (χ0v) is 32.3. The van der Waals surface area contributed by atoms with E-state index in [1.54, 1.807) is 0 Å². The van der Waals surface area contributed by atoms with Crippen molar-refractivity contribution in [3.8, 4) is 56.3 Å². The van der Waals surface area contributed by atoms with Crippen molar-refractivity contribution >= 4 is 65.3 Å². The fraction of sp³-hybridized carbons (Fsp3) is 0. The van der Waals surface area contributed by atoms with Gasteiger partial charge in [-0.3, -0.25) is 0 Å². The third-order valence-electron chi connectivity index (χ3n) is 11.6. The highest BCUT2D eigenvalue weighted by molar-refractivity contribution is 6.04. The Hall–Kier alpha value is -8.15. The molecule has 0 aliphatic rings. The molecule has 0 unspecified atom stereocenters. The van der Waals surface area contributed by atoms with Crippen molar-refractivity contribution in [2.45, 2.75) is 0 Å². The topological polar surface area (TPSA) is 64.5 Å². The van der Waals surface area contributed by atoms with Crippen molar-refractivity contribution in [3.05, 3.63) is 200 Å². The fourth-order valence-corrected chi connectivity index (χ4v) is 8.37. The Morgan fingerprint density at radius 1 is 0.200 bits per heavy atom. The number of fused-ring (bicyclic) bond motifs is 7. The zero-order valence-electron chi connectivity index (χ0n) is 32.3. The maximum atomic E-state index is 5.20. The molecule has 7 aromatic carbocycles. The van der Waals surface area contributed by atoms with Crippen LogP contribution in [0.2, 0.25) is 0 Å². The van der Waals surface area contributed by atoms with E-state index in [0.29, 0.717) is 0 Å². The highest BCUT2D eigenvalue weighted by atomic mass is 14.8. The van der Waals surface area contributed by atoms with E-state index in [0.717, 1.165) is 116 Å². The van der Waals surface area contributed by atoms with Crippen LogP contribution in [-0.4, -0.2) is 24.9 Å². The Labute approximate surface area is 345 Å². The summed E-state index contributed by atoms with van der Waals surface area (Å²) in [5.41, 5.74) is 14.6. The SMILES string of the molecule is c1ccc(-c2ccc3ccc4ccc(-c5ccc6cc(-c7ccc8ccc(-c9ccc%10ccc(-c%11ccc%12ccccc%12n%11)nc%10c9)nc8c7)ccc6c5)nc4c3n2)cc1. The van der Waals surface area contributed by atoms with Gasteiger partial charge in [0.1, 0.15) is 0 Å². The number of benzene rings is 7. The summed E-state index contributed by atoms with van der Waals surface area (Å²) in [4.78, 5) is 25.4. The molecule has 0 N–H and O–H groups in total. The normalized spacial score (nSPS) is 11.7. The Kier molecular flexibility index (Phi) is 7.78. The molecule has 12 aromatic rings. The van der Waals surface area contributed by atoms with Gasteiger partial charge in [0.25, 0.3) is 0 Å². The monoisotopic (exact) mass is 763 g/mol. The molecule has 278 valence electrons. The highest BCUT2D eigenvalue weighted by Crippen LogP contribution is 2.33. The first-order valence-corrected chi connectivity index (χ1v) is 20.1. The molecule has 0 saturated carbocycles. The molecule has 0 amide bonds. The van der Waals surface area contributed by atoms with E-state index in [4.69, 9.17) is 24.9 Å². The third kappa shape index (κ3) is 6.00. The van der Waals surface area contributed by atoms with Crippen LogP contribution in [0.3, 0.4) is 0 Å². The maximum absolute atomic E-state index is 5.20. The molecule has 0 spiro atoms. The number of aromatic nitrogens is 5. The lowest BCUT2D eigenvalue weighted by Crippen LogP contribution is -1.91. The van der Waals surface area contributed by atoms with Gasteiger partial charge in [0, 0.05) is 43.6 Å². The van der Waals surface area contributed by atoms with Crippen LogP contribution < -0.4 is 0 Å². The van der Waals surface area contributed by atoms with Gasteiger partial charge in [-0.25, -0.2) is 24.9 Å². The fourth-order valence-electron chi connectivity index (χ4n) is 8.37. The Bertz CT molecular complexity index is 3670. The van der Waals surface area contributed by atoms with Crippen LogP contribution in [0.4, 0.5) is 0 Å². The van der Waals surface area contributed by atoms with E-state index in [-0.39, 0.29) is 0 Å². The molecule has 0 saturated heterocycles. The predicted octanol–water partition coefficient (Wildman–Crippen LogP) is 13.9. The van der Waals surface area contributed by atoms with Crippen molar-refractivity contribution < 1.29 is 0 Å². The average Bonchev–Trinajstić information content (AvgIpc) is 3.32. The molecular weight excluding hydrogens is 731 g/mol. The van der Waals surface area contributed by atoms with E-state index in [9.17, 15) is 0 Å². The minimum atomic E-state index is 0.850. The van der Waals surface area contributed by atoms with Crippen molar-refractivity contribution in [2.24, 2.45) is 0 Å². The van der Waals surface area contributed by atoms with Crippen LogP contribution in [-0.2, 0) is 0 Å². The summed E-state index contributed by atoms with van der Waals surface area (Å²) >= 11 is 0. The lowest BCUT2D eigenvalue weighted by Gasteiger charge is -2.10. The number of rotatable bonds is 5. The van der Waals surface area contributed by atoms with Gasteiger partial charge in [0.2, 0.25) is 0 Å². The standard InChI is InChI=1S/C55H33N5/c1-2-6-34(7-3-1)47-26-23-38-12-13-39-24-27-49(60-55(39)54(38)59-47)44-19-17-40-30-41(15-16-42(40)31-44)43-14-10-36-20-25-48(57-52(36)32-43)45-18-11-37-22-29-51(58-53(37)33-45)50-28-21-35-8-4-5-9-46(35)56-50/h1-33H. The van der Waals surface area contributed by atoms with Gasteiger partial charge < -0.3 is 0 Å². The van der Waals surface area contributed by atoms with Crippen LogP contribution in [0.25, 0.3) is 122 Å². The van der Waals surface area contributed by atoms with E-state index in [2.05, 4.69) is 152 Å². The zero-order chi connectivity index (χ0) is 39.6. The van der Waals surface area contributed by atoms with Crippen molar-refractivity contribution in [3.63, 3.8) is 0 Å². The summed E-state index contributed by atoms with van der Waals surface area (Å²) in [6.07, 6.45) is 0. The Morgan fingerprint density at radius 3 is 1.25 bits per heavy atom. The molecule has 0 atom stereocenters. The molecule has 0 bridgehead atoms. The van der Waals surface area contributed by atoms with Crippen molar-refractivity contribution in [2.75, 3.05) is 0 Å². The first-order valence-electron chi connectivity index (χ1n) is 20.1. The first kappa shape index (κ1) is 33.9. The molecule has 12 rings (SSSR count). The smallest absolute Gasteiger partial charge is 0.0972 e. The largest absolute Gasteiger partial charge is 0.248 e. The second kappa shape index (κ2) is 13.8. The summed E-state index contributed by atoms with van der Waals surface area (Å²) < 4.78 is 0. The van der Waals surface area contributed by atoms with Crippen molar-refractivity contribution in [1.82, 2.24) is 24.9 Å². The minimum Gasteiger partial charge on any atom is -0.248 e. The van der Waals surface area contributed by atoms with E-state index >= 15 is 0 Å². The quantitative estimate of drug-likeness (QED) is 0.163. The van der Waals surface area contributed by atoms with Gasteiger partial charge in [-0.2, -0.15) is 0 Å². The number of nitrogens with zero attached hydrogens (tertiary/aromatic N) is 5. The first-order chi connectivity index (χ1) is 29.6. The minimum absolute atomic E-state index is 0.850. The Balaban J connectivity index is 0.852. The second-order valence-corrected chi connectivity index (χ2v) is 15.3. The van der Waals surface area contributed by atoms with Crippen LogP contribution in [0.15, 0.2) is 200 Å². The lowest BCUT2D eigenvalue weighted by molar-refractivity contribution is 1.32. The maximum Gasteiger partial charge on any atom is 0.0972 e. The van der Waals surface area contributed by atoms with E-state index in [1.165, 1.54) is 5.39 Å². The van der Waals surface area contributed by atoms with Gasteiger partial charge in [-0.1, -0.05) is 140 Å². The predicted molar refractivity (Wildman–Crippen MR) is 248 cm³/mol.